The number of benzene rings is 1. The predicted molar refractivity (Wildman–Crippen MR) is 78.7 cm³/mol. The molecule has 2 rings (SSSR count). The van der Waals surface area contributed by atoms with Crippen molar-refractivity contribution in [2.45, 2.75) is 24.2 Å². The molecule has 1 heterocycles. The van der Waals surface area contributed by atoms with E-state index >= 15 is 0 Å². The standard InChI is InChI=1S/C14H16N2O4S/c1-10(8-14(17)18)11-2-4-12(5-3-11)16-21(19,20)13-6-7-15-9-13/h2-7,9-10,15-16H,8H2,1H3,(H,17,18). The van der Waals surface area contributed by atoms with E-state index in [0.29, 0.717) is 5.69 Å². The summed E-state index contributed by atoms with van der Waals surface area (Å²) in [6.45, 7) is 1.81. The van der Waals surface area contributed by atoms with Crippen LogP contribution in [0.25, 0.3) is 0 Å². The van der Waals surface area contributed by atoms with Crippen LogP contribution in [0.3, 0.4) is 0 Å². The van der Waals surface area contributed by atoms with Crippen LogP contribution in [0.15, 0.2) is 47.6 Å². The van der Waals surface area contributed by atoms with Crippen molar-refractivity contribution in [2.75, 3.05) is 4.72 Å². The van der Waals surface area contributed by atoms with Gasteiger partial charge in [0.2, 0.25) is 0 Å². The Labute approximate surface area is 122 Å². The van der Waals surface area contributed by atoms with Gasteiger partial charge >= 0.3 is 5.97 Å². The summed E-state index contributed by atoms with van der Waals surface area (Å²) in [4.78, 5) is 13.5. The Hall–Kier alpha value is -2.28. The Kier molecular flexibility index (Phi) is 4.32. The topological polar surface area (TPSA) is 99.3 Å². The van der Waals surface area contributed by atoms with Crippen molar-refractivity contribution < 1.29 is 18.3 Å². The highest BCUT2D eigenvalue weighted by Crippen LogP contribution is 2.22. The van der Waals surface area contributed by atoms with E-state index in [4.69, 9.17) is 5.11 Å². The number of sulfonamides is 1. The van der Waals surface area contributed by atoms with Crippen LogP contribution in [0.1, 0.15) is 24.8 Å². The van der Waals surface area contributed by atoms with Gasteiger partial charge in [-0.2, -0.15) is 0 Å². The molecular weight excluding hydrogens is 292 g/mol. The summed E-state index contributed by atoms with van der Waals surface area (Å²) in [5.41, 5.74) is 1.28. The second-order valence-corrected chi connectivity index (χ2v) is 6.46. The number of anilines is 1. The van der Waals surface area contributed by atoms with Gasteiger partial charge in [-0.3, -0.25) is 9.52 Å². The lowest BCUT2D eigenvalue weighted by Gasteiger charge is -2.11. The number of nitrogens with one attached hydrogen (secondary N) is 2. The number of hydrogen-bond donors (Lipinski definition) is 3. The van der Waals surface area contributed by atoms with Crippen molar-refractivity contribution in [1.29, 1.82) is 0 Å². The Morgan fingerprint density at radius 3 is 2.48 bits per heavy atom. The van der Waals surface area contributed by atoms with Crippen molar-refractivity contribution in [3.8, 4) is 0 Å². The van der Waals surface area contributed by atoms with E-state index in [1.807, 2.05) is 6.92 Å². The smallest absolute Gasteiger partial charge is 0.303 e. The first kappa shape index (κ1) is 15.1. The highest BCUT2D eigenvalue weighted by atomic mass is 32.2. The predicted octanol–water partition coefficient (Wildman–Crippen LogP) is 2.39. The first-order valence-corrected chi connectivity index (χ1v) is 7.84. The third-order valence-electron chi connectivity index (χ3n) is 3.09. The number of H-pyrrole nitrogens is 1. The van der Waals surface area contributed by atoms with Gasteiger partial charge in [-0.05, 0) is 29.7 Å². The number of aliphatic carboxylic acids is 1. The zero-order chi connectivity index (χ0) is 15.5. The fraction of sp³-hybridized carbons (Fsp3) is 0.214. The van der Waals surface area contributed by atoms with Crippen molar-refractivity contribution in [3.05, 3.63) is 48.3 Å². The first-order chi connectivity index (χ1) is 9.88. The Morgan fingerprint density at radius 1 is 1.29 bits per heavy atom. The molecule has 1 aromatic carbocycles. The molecule has 0 saturated carbocycles. The molecule has 0 fully saturated rings. The SMILES string of the molecule is CC(CC(=O)O)c1ccc(NS(=O)(=O)c2cc[nH]c2)cc1. The number of aromatic amines is 1. The van der Waals surface area contributed by atoms with Gasteiger partial charge in [0.05, 0.1) is 6.42 Å². The van der Waals surface area contributed by atoms with E-state index in [0.717, 1.165) is 5.56 Å². The molecule has 2 aromatic rings. The highest BCUT2D eigenvalue weighted by Gasteiger charge is 2.15. The molecule has 0 radical (unpaired) electrons. The van der Waals surface area contributed by atoms with Crippen molar-refractivity contribution in [2.24, 2.45) is 0 Å². The average molecular weight is 308 g/mol. The van der Waals surface area contributed by atoms with Crippen molar-refractivity contribution >= 4 is 21.7 Å². The maximum absolute atomic E-state index is 12.0. The van der Waals surface area contributed by atoms with Crippen LogP contribution in [0.2, 0.25) is 0 Å². The van der Waals surface area contributed by atoms with E-state index in [1.54, 1.807) is 24.3 Å². The fourth-order valence-corrected chi connectivity index (χ4v) is 2.98. The summed E-state index contributed by atoms with van der Waals surface area (Å²) in [5.74, 6) is -0.988. The largest absolute Gasteiger partial charge is 0.481 e. The molecule has 0 bridgehead atoms. The maximum atomic E-state index is 12.0. The molecule has 6 nitrogen and oxygen atoms in total. The van der Waals surface area contributed by atoms with Crippen molar-refractivity contribution in [1.82, 2.24) is 4.98 Å². The van der Waals surface area contributed by atoms with Gasteiger partial charge < -0.3 is 10.1 Å². The molecule has 0 spiro atoms. The first-order valence-electron chi connectivity index (χ1n) is 6.36. The number of carbonyl (C=O) groups is 1. The summed E-state index contributed by atoms with van der Waals surface area (Å²) < 4.78 is 26.5. The van der Waals surface area contributed by atoms with Gasteiger partial charge in [-0.15, -0.1) is 0 Å². The van der Waals surface area contributed by atoms with Gasteiger partial charge in [0.15, 0.2) is 0 Å². The van der Waals surface area contributed by atoms with E-state index < -0.39 is 16.0 Å². The Bertz CT molecular complexity index is 706. The third kappa shape index (κ3) is 3.85. The van der Waals surface area contributed by atoms with Crippen LogP contribution < -0.4 is 4.72 Å². The lowest BCUT2D eigenvalue weighted by atomic mass is 9.98. The summed E-state index contributed by atoms with van der Waals surface area (Å²) >= 11 is 0. The minimum atomic E-state index is -3.60. The molecule has 0 saturated heterocycles. The van der Waals surface area contributed by atoms with Crippen LogP contribution in [0.4, 0.5) is 5.69 Å². The fourth-order valence-electron chi connectivity index (χ4n) is 1.95. The average Bonchev–Trinajstić information content (AvgIpc) is 2.93. The lowest BCUT2D eigenvalue weighted by Crippen LogP contribution is -2.12. The molecule has 0 aliphatic carbocycles. The van der Waals surface area contributed by atoms with Gasteiger partial charge in [0.25, 0.3) is 10.0 Å². The molecular formula is C14H16N2O4S. The van der Waals surface area contributed by atoms with E-state index in [1.165, 1.54) is 18.5 Å². The molecule has 7 heteroatoms. The molecule has 1 atom stereocenters. The van der Waals surface area contributed by atoms with Crippen LogP contribution in [0, 0.1) is 0 Å². The van der Waals surface area contributed by atoms with Crippen LogP contribution in [0.5, 0.6) is 0 Å². The minimum Gasteiger partial charge on any atom is -0.481 e. The molecule has 112 valence electrons. The van der Waals surface area contributed by atoms with E-state index in [2.05, 4.69) is 9.71 Å². The summed E-state index contributed by atoms with van der Waals surface area (Å²) in [7, 11) is -3.60. The molecule has 1 unspecified atom stereocenters. The molecule has 0 aliphatic rings. The quantitative estimate of drug-likeness (QED) is 0.763. The van der Waals surface area contributed by atoms with Gasteiger partial charge in [0, 0.05) is 18.1 Å². The van der Waals surface area contributed by atoms with Crippen LogP contribution >= 0.6 is 0 Å². The monoisotopic (exact) mass is 308 g/mol. The molecule has 3 N–H and O–H groups in total. The number of hydrogen-bond acceptors (Lipinski definition) is 3. The highest BCUT2D eigenvalue weighted by molar-refractivity contribution is 7.92. The molecule has 0 amide bonds. The normalized spacial score (nSPS) is 12.8. The summed E-state index contributed by atoms with van der Waals surface area (Å²) in [6, 6.07) is 8.16. The van der Waals surface area contributed by atoms with Gasteiger partial charge in [-0.25, -0.2) is 8.42 Å². The van der Waals surface area contributed by atoms with E-state index in [-0.39, 0.29) is 17.2 Å². The Morgan fingerprint density at radius 2 is 1.95 bits per heavy atom. The molecule has 0 aliphatic heterocycles. The number of aromatic nitrogens is 1. The summed E-state index contributed by atoms with van der Waals surface area (Å²) in [5, 5.41) is 8.76. The number of carboxylic acids is 1. The van der Waals surface area contributed by atoms with Gasteiger partial charge in [-0.1, -0.05) is 19.1 Å². The second-order valence-electron chi connectivity index (χ2n) is 4.77. The van der Waals surface area contributed by atoms with Crippen LogP contribution in [-0.4, -0.2) is 24.5 Å². The van der Waals surface area contributed by atoms with Crippen LogP contribution in [-0.2, 0) is 14.8 Å². The van der Waals surface area contributed by atoms with Gasteiger partial charge in [0.1, 0.15) is 4.90 Å². The number of rotatable bonds is 6. The Balaban J connectivity index is 2.11. The maximum Gasteiger partial charge on any atom is 0.303 e. The zero-order valence-corrected chi connectivity index (χ0v) is 12.2. The minimum absolute atomic E-state index is 0.0361. The molecule has 1 aromatic heterocycles. The van der Waals surface area contributed by atoms with Crippen molar-refractivity contribution in [3.63, 3.8) is 0 Å². The lowest BCUT2D eigenvalue weighted by molar-refractivity contribution is -0.137. The second kappa shape index (κ2) is 6.01. The summed E-state index contributed by atoms with van der Waals surface area (Å²) in [6.07, 6.45) is 2.96. The third-order valence-corrected chi connectivity index (χ3v) is 4.47. The number of carboxylic acid groups (broad SMARTS) is 1. The zero-order valence-electron chi connectivity index (χ0n) is 11.4. The van der Waals surface area contributed by atoms with E-state index in [9.17, 15) is 13.2 Å². The molecule has 21 heavy (non-hydrogen) atoms.